The van der Waals surface area contributed by atoms with E-state index in [0.29, 0.717) is 0 Å². The normalized spacial score (nSPS) is 11.2. The van der Waals surface area contributed by atoms with Crippen LogP contribution in [0.1, 0.15) is 50.7 Å². The maximum absolute atomic E-state index is 4.67. The van der Waals surface area contributed by atoms with Crippen molar-refractivity contribution in [2.24, 2.45) is 0 Å². The molecule has 0 aliphatic carbocycles. The Labute approximate surface area is 173 Å². The average molecular weight is 384 g/mol. The van der Waals surface area contributed by atoms with Gasteiger partial charge in [-0.15, -0.1) is 5.10 Å². The van der Waals surface area contributed by atoms with Crippen LogP contribution in [-0.2, 0) is 12.8 Å². The van der Waals surface area contributed by atoms with Gasteiger partial charge in [-0.1, -0.05) is 80.4 Å². The molecule has 0 radical (unpaired) electrons. The monoisotopic (exact) mass is 383 g/mol. The van der Waals surface area contributed by atoms with Gasteiger partial charge in [0.15, 0.2) is 0 Å². The predicted octanol–water partition coefficient (Wildman–Crippen LogP) is 6.77. The highest BCUT2D eigenvalue weighted by atomic mass is 15.4. The Bertz CT molecular complexity index is 1070. The van der Waals surface area contributed by atoms with Gasteiger partial charge in [0.05, 0.1) is 11.2 Å². The summed E-state index contributed by atoms with van der Waals surface area (Å²) in [5, 5.41) is 9.24. The van der Waals surface area contributed by atoms with Crippen molar-refractivity contribution in [3.8, 4) is 16.8 Å². The van der Waals surface area contributed by atoms with Gasteiger partial charge < -0.3 is 0 Å². The van der Waals surface area contributed by atoms with E-state index in [0.717, 1.165) is 29.6 Å². The van der Waals surface area contributed by atoms with E-state index in [1.54, 1.807) is 0 Å². The first kappa shape index (κ1) is 19.4. The molecule has 0 N–H and O–H groups in total. The maximum atomic E-state index is 4.67. The van der Waals surface area contributed by atoms with Crippen LogP contribution < -0.4 is 0 Å². The molecule has 3 heteroatoms. The fourth-order valence-corrected chi connectivity index (χ4v) is 4.06. The number of aryl methyl sites for hydroxylation is 1. The van der Waals surface area contributed by atoms with Crippen LogP contribution in [0.3, 0.4) is 0 Å². The molecule has 0 unspecified atom stereocenters. The molecule has 0 saturated heterocycles. The third-order valence-electron chi connectivity index (χ3n) is 5.59. The Morgan fingerprint density at radius 2 is 1.45 bits per heavy atom. The second kappa shape index (κ2) is 9.04. The van der Waals surface area contributed by atoms with Crippen molar-refractivity contribution in [2.45, 2.75) is 52.4 Å². The van der Waals surface area contributed by atoms with E-state index in [1.807, 2.05) is 10.7 Å². The van der Waals surface area contributed by atoms with E-state index in [1.165, 1.54) is 47.9 Å². The van der Waals surface area contributed by atoms with Crippen LogP contribution in [-0.4, -0.2) is 15.0 Å². The quantitative estimate of drug-likeness (QED) is 0.336. The van der Waals surface area contributed by atoms with Crippen LogP contribution in [0.4, 0.5) is 0 Å². The molecule has 0 amide bonds. The molecular weight excluding hydrogens is 354 g/mol. The van der Waals surface area contributed by atoms with Crippen molar-refractivity contribution in [1.82, 2.24) is 15.0 Å². The molecule has 0 spiro atoms. The van der Waals surface area contributed by atoms with Crippen LogP contribution in [0.5, 0.6) is 0 Å². The lowest BCUT2D eigenvalue weighted by Crippen LogP contribution is -2.02. The fourth-order valence-electron chi connectivity index (χ4n) is 4.06. The average Bonchev–Trinajstić information content (AvgIpc) is 3.20. The first-order valence-electron chi connectivity index (χ1n) is 10.8. The van der Waals surface area contributed by atoms with Crippen LogP contribution in [0.2, 0.25) is 0 Å². The third kappa shape index (κ3) is 3.95. The number of rotatable bonds is 8. The number of fused-ring (bicyclic) bond motifs is 1. The van der Waals surface area contributed by atoms with Crippen LogP contribution in [0.25, 0.3) is 27.8 Å². The summed E-state index contributed by atoms with van der Waals surface area (Å²) >= 11 is 0. The SMILES string of the molecule is CCCCc1cc2c(nnn2-c2ccccc2)c(-c2ccccc2)c1CCCC. The van der Waals surface area contributed by atoms with E-state index in [4.69, 9.17) is 0 Å². The number of aromatic nitrogens is 3. The molecule has 0 saturated carbocycles. The lowest BCUT2D eigenvalue weighted by molar-refractivity contribution is 0.760. The minimum Gasteiger partial charge on any atom is -0.213 e. The van der Waals surface area contributed by atoms with Crippen molar-refractivity contribution in [2.75, 3.05) is 0 Å². The van der Waals surface area contributed by atoms with Crippen molar-refractivity contribution in [1.29, 1.82) is 0 Å². The standard InChI is InChI=1S/C26H29N3/c1-3-5-13-21-19-24-26(27-28-29(24)22-16-11-8-12-17-22)25(23(21)18-6-4-2)20-14-9-7-10-15-20/h7-12,14-17,19H,3-6,13,18H2,1-2H3. The highest BCUT2D eigenvalue weighted by Crippen LogP contribution is 2.36. The van der Waals surface area contributed by atoms with Crippen molar-refractivity contribution < 1.29 is 0 Å². The molecule has 3 aromatic carbocycles. The summed E-state index contributed by atoms with van der Waals surface area (Å²) in [6.07, 6.45) is 6.97. The highest BCUT2D eigenvalue weighted by Gasteiger charge is 2.19. The van der Waals surface area contributed by atoms with E-state index in [2.05, 4.69) is 84.8 Å². The molecule has 29 heavy (non-hydrogen) atoms. The van der Waals surface area contributed by atoms with Gasteiger partial charge in [0, 0.05) is 5.56 Å². The topological polar surface area (TPSA) is 30.7 Å². The second-order valence-electron chi connectivity index (χ2n) is 7.67. The summed E-state index contributed by atoms with van der Waals surface area (Å²) in [6.45, 7) is 4.52. The van der Waals surface area contributed by atoms with Gasteiger partial charge >= 0.3 is 0 Å². The molecule has 4 rings (SSSR count). The minimum absolute atomic E-state index is 1.01. The molecule has 0 bridgehead atoms. The molecular formula is C26H29N3. The summed E-state index contributed by atoms with van der Waals surface area (Å²) < 4.78 is 1.99. The Balaban J connectivity index is 2.00. The molecule has 1 aromatic heterocycles. The van der Waals surface area contributed by atoms with Crippen LogP contribution in [0.15, 0.2) is 66.7 Å². The lowest BCUT2D eigenvalue weighted by atomic mass is 9.88. The molecule has 0 atom stereocenters. The minimum atomic E-state index is 1.01. The van der Waals surface area contributed by atoms with Gasteiger partial charge in [-0.3, -0.25) is 0 Å². The number of hydrogen-bond acceptors (Lipinski definition) is 2. The first-order valence-corrected chi connectivity index (χ1v) is 10.8. The van der Waals surface area contributed by atoms with E-state index < -0.39 is 0 Å². The zero-order valence-corrected chi connectivity index (χ0v) is 17.4. The zero-order valence-electron chi connectivity index (χ0n) is 17.4. The van der Waals surface area contributed by atoms with Gasteiger partial charge in [-0.05, 0) is 60.6 Å². The van der Waals surface area contributed by atoms with Gasteiger partial charge in [-0.2, -0.15) is 0 Å². The fraction of sp³-hybridized carbons (Fsp3) is 0.308. The smallest absolute Gasteiger partial charge is 0.121 e. The molecule has 148 valence electrons. The van der Waals surface area contributed by atoms with Crippen molar-refractivity contribution in [3.63, 3.8) is 0 Å². The molecule has 4 aromatic rings. The Morgan fingerprint density at radius 1 is 0.793 bits per heavy atom. The Hall–Kier alpha value is -2.94. The third-order valence-corrected chi connectivity index (χ3v) is 5.59. The number of nitrogens with zero attached hydrogens (tertiary/aromatic N) is 3. The molecule has 0 aliphatic heterocycles. The molecule has 0 fully saturated rings. The summed E-state index contributed by atoms with van der Waals surface area (Å²) in [5.74, 6) is 0. The number of para-hydroxylation sites is 1. The van der Waals surface area contributed by atoms with Crippen molar-refractivity contribution in [3.05, 3.63) is 77.9 Å². The first-order chi connectivity index (χ1) is 14.3. The van der Waals surface area contributed by atoms with Crippen molar-refractivity contribution >= 4 is 11.0 Å². The van der Waals surface area contributed by atoms with Crippen LogP contribution in [0, 0.1) is 0 Å². The Morgan fingerprint density at radius 3 is 2.14 bits per heavy atom. The number of benzene rings is 3. The number of hydrogen-bond donors (Lipinski definition) is 0. The number of unbranched alkanes of at least 4 members (excludes halogenated alkanes) is 2. The van der Waals surface area contributed by atoms with E-state index in [9.17, 15) is 0 Å². The van der Waals surface area contributed by atoms with Gasteiger partial charge in [0.25, 0.3) is 0 Å². The highest BCUT2D eigenvalue weighted by molar-refractivity contribution is 5.95. The lowest BCUT2D eigenvalue weighted by Gasteiger charge is -2.17. The van der Waals surface area contributed by atoms with Gasteiger partial charge in [0.2, 0.25) is 0 Å². The Kier molecular flexibility index (Phi) is 6.04. The summed E-state index contributed by atoms with van der Waals surface area (Å²) in [6, 6.07) is 23.4. The zero-order chi connectivity index (χ0) is 20.1. The van der Waals surface area contributed by atoms with E-state index >= 15 is 0 Å². The van der Waals surface area contributed by atoms with Gasteiger partial charge in [0.1, 0.15) is 5.52 Å². The van der Waals surface area contributed by atoms with Crippen LogP contribution >= 0.6 is 0 Å². The predicted molar refractivity (Wildman–Crippen MR) is 122 cm³/mol. The molecule has 3 nitrogen and oxygen atoms in total. The van der Waals surface area contributed by atoms with Gasteiger partial charge in [-0.25, -0.2) is 4.68 Å². The van der Waals surface area contributed by atoms with E-state index in [-0.39, 0.29) is 0 Å². The second-order valence-corrected chi connectivity index (χ2v) is 7.67. The largest absolute Gasteiger partial charge is 0.213 e. The molecule has 1 heterocycles. The molecule has 0 aliphatic rings. The summed E-state index contributed by atoms with van der Waals surface area (Å²) in [4.78, 5) is 0. The maximum Gasteiger partial charge on any atom is 0.121 e. The summed E-state index contributed by atoms with van der Waals surface area (Å²) in [7, 11) is 0. The summed E-state index contributed by atoms with van der Waals surface area (Å²) in [5.41, 5.74) is 8.57.